The van der Waals surface area contributed by atoms with Crippen LogP contribution in [0.25, 0.3) is 0 Å². The number of rotatable bonds is 6. The van der Waals surface area contributed by atoms with Crippen LogP contribution in [0.1, 0.15) is 18.4 Å². The highest BCUT2D eigenvalue weighted by molar-refractivity contribution is 5.28. The molecule has 0 bridgehead atoms. The Hall–Kier alpha value is -1.06. The van der Waals surface area contributed by atoms with Crippen LogP contribution in [-0.2, 0) is 11.3 Å². The molecule has 0 amide bonds. The average molecular weight is 249 g/mol. The maximum absolute atomic E-state index is 5.40. The molecule has 0 saturated carbocycles. The van der Waals surface area contributed by atoms with Crippen LogP contribution < -0.4 is 4.74 Å². The first-order valence-corrected chi connectivity index (χ1v) is 6.67. The predicted octanol–water partition coefficient (Wildman–Crippen LogP) is 2.55. The van der Waals surface area contributed by atoms with Crippen molar-refractivity contribution < 1.29 is 9.47 Å². The molecule has 0 N–H and O–H groups in total. The van der Waals surface area contributed by atoms with Crippen LogP contribution in [0.3, 0.4) is 0 Å². The van der Waals surface area contributed by atoms with E-state index in [4.69, 9.17) is 9.47 Å². The van der Waals surface area contributed by atoms with Gasteiger partial charge in [0.05, 0.1) is 7.11 Å². The summed E-state index contributed by atoms with van der Waals surface area (Å²) in [5.41, 5.74) is 1.31. The van der Waals surface area contributed by atoms with Gasteiger partial charge in [0, 0.05) is 19.8 Å². The first-order chi connectivity index (χ1) is 8.78. The summed E-state index contributed by atoms with van der Waals surface area (Å²) in [4.78, 5) is 2.37. The number of benzene rings is 1. The van der Waals surface area contributed by atoms with Crippen LogP contribution in [0, 0.1) is 5.92 Å². The Bertz CT molecular complexity index is 361. The average Bonchev–Trinajstić information content (AvgIpc) is 2.90. The minimum atomic E-state index is 0.762. The molecule has 1 unspecified atom stereocenters. The molecular weight excluding hydrogens is 226 g/mol. The van der Waals surface area contributed by atoms with E-state index in [1.165, 1.54) is 18.4 Å². The summed E-state index contributed by atoms with van der Waals surface area (Å²) in [6.45, 7) is 4.01. The first kappa shape index (κ1) is 13.4. The Balaban J connectivity index is 1.76. The van der Waals surface area contributed by atoms with Crippen molar-refractivity contribution in [2.24, 2.45) is 5.92 Å². The van der Waals surface area contributed by atoms with Crippen molar-refractivity contribution in [2.45, 2.75) is 19.4 Å². The van der Waals surface area contributed by atoms with E-state index in [1.54, 1.807) is 7.11 Å². The van der Waals surface area contributed by atoms with Crippen molar-refractivity contribution in [3.63, 3.8) is 0 Å². The van der Waals surface area contributed by atoms with Crippen LogP contribution in [0.4, 0.5) is 0 Å². The van der Waals surface area contributed by atoms with Gasteiger partial charge < -0.3 is 14.4 Å². The lowest BCUT2D eigenvalue weighted by Gasteiger charge is -2.18. The fraction of sp³-hybridized carbons (Fsp3) is 0.600. The fourth-order valence-electron chi connectivity index (χ4n) is 2.38. The summed E-state index contributed by atoms with van der Waals surface area (Å²) in [7, 11) is 3.89. The molecule has 0 aliphatic carbocycles. The van der Waals surface area contributed by atoms with E-state index < -0.39 is 0 Å². The van der Waals surface area contributed by atoms with E-state index in [2.05, 4.69) is 24.1 Å². The quantitative estimate of drug-likeness (QED) is 0.773. The van der Waals surface area contributed by atoms with Crippen molar-refractivity contribution in [3.8, 4) is 5.75 Å². The third kappa shape index (κ3) is 4.00. The molecule has 2 rings (SSSR count). The van der Waals surface area contributed by atoms with Crippen LogP contribution >= 0.6 is 0 Å². The molecule has 1 aromatic rings. The van der Waals surface area contributed by atoms with Crippen molar-refractivity contribution in [1.29, 1.82) is 0 Å². The lowest BCUT2D eigenvalue weighted by Crippen LogP contribution is -2.21. The summed E-state index contributed by atoms with van der Waals surface area (Å²) < 4.78 is 10.6. The first-order valence-electron chi connectivity index (χ1n) is 6.67. The summed E-state index contributed by atoms with van der Waals surface area (Å²) in [5.74, 6) is 1.70. The summed E-state index contributed by atoms with van der Waals surface area (Å²) >= 11 is 0. The SMILES string of the molecule is COc1cccc(CN(C)CCC2CCOC2)c1. The molecule has 3 nitrogen and oxygen atoms in total. The molecule has 1 fully saturated rings. The lowest BCUT2D eigenvalue weighted by atomic mass is 10.0. The second-order valence-electron chi connectivity index (χ2n) is 5.11. The second-order valence-corrected chi connectivity index (χ2v) is 5.11. The Kier molecular flexibility index (Phi) is 5.02. The third-order valence-corrected chi connectivity index (χ3v) is 3.53. The van der Waals surface area contributed by atoms with Crippen LogP contribution in [-0.4, -0.2) is 38.8 Å². The van der Waals surface area contributed by atoms with Gasteiger partial charge >= 0.3 is 0 Å². The van der Waals surface area contributed by atoms with Gasteiger partial charge in [-0.2, -0.15) is 0 Å². The number of hydrogen-bond acceptors (Lipinski definition) is 3. The Morgan fingerprint density at radius 1 is 1.44 bits per heavy atom. The van der Waals surface area contributed by atoms with E-state index in [9.17, 15) is 0 Å². The molecule has 18 heavy (non-hydrogen) atoms. The van der Waals surface area contributed by atoms with E-state index in [-0.39, 0.29) is 0 Å². The Labute approximate surface area is 110 Å². The fourth-order valence-corrected chi connectivity index (χ4v) is 2.38. The molecule has 100 valence electrons. The normalized spacial score (nSPS) is 19.4. The zero-order chi connectivity index (χ0) is 12.8. The molecule has 3 heteroatoms. The van der Waals surface area contributed by atoms with Gasteiger partial charge in [0.2, 0.25) is 0 Å². The number of nitrogens with zero attached hydrogens (tertiary/aromatic N) is 1. The Morgan fingerprint density at radius 3 is 3.06 bits per heavy atom. The van der Waals surface area contributed by atoms with Gasteiger partial charge in [-0.25, -0.2) is 0 Å². The largest absolute Gasteiger partial charge is 0.497 e. The van der Waals surface area contributed by atoms with Crippen LogP contribution in [0.15, 0.2) is 24.3 Å². The number of methoxy groups -OCH3 is 1. The highest BCUT2D eigenvalue weighted by Crippen LogP contribution is 2.18. The predicted molar refractivity (Wildman–Crippen MR) is 72.9 cm³/mol. The van der Waals surface area contributed by atoms with Crippen molar-refractivity contribution >= 4 is 0 Å². The highest BCUT2D eigenvalue weighted by atomic mass is 16.5. The summed E-state index contributed by atoms with van der Waals surface area (Å²) in [5, 5.41) is 0. The van der Waals surface area contributed by atoms with Gasteiger partial charge in [0.15, 0.2) is 0 Å². The zero-order valence-electron chi connectivity index (χ0n) is 11.4. The maximum atomic E-state index is 5.40. The molecule has 1 heterocycles. The molecule has 0 spiro atoms. The smallest absolute Gasteiger partial charge is 0.119 e. The number of hydrogen-bond donors (Lipinski definition) is 0. The van der Waals surface area contributed by atoms with Gasteiger partial charge in [-0.3, -0.25) is 0 Å². The Morgan fingerprint density at radius 2 is 2.33 bits per heavy atom. The lowest BCUT2D eigenvalue weighted by molar-refractivity contribution is 0.180. The molecule has 0 aromatic heterocycles. The van der Waals surface area contributed by atoms with Crippen LogP contribution in [0.5, 0.6) is 5.75 Å². The molecule has 1 saturated heterocycles. The maximum Gasteiger partial charge on any atom is 0.119 e. The minimum Gasteiger partial charge on any atom is -0.497 e. The second kappa shape index (κ2) is 6.76. The minimum absolute atomic E-state index is 0.762. The molecular formula is C15H23NO2. The van der Waals surface area contributed by atoms with Crippen molar-refractivity contribution in [3.05, 3.63) is 29.8 Å². The van der Waals surface area contributed by atoms with Gasteiger partial charge in [0.1, 0.15) is 5.75 Å². The van der Waals surface area contributed by atoms with E-state index in [0.717, 1.165) is 38.0 Å². The molecule has 1 aromatic carbocycles. The highest BCUT2D eigenvalue weighted by Gasteiger charge is 2.15. The molecule has 1 aliphatic rings. The summed E-state index contributed by atoms with van der Waals surface area (Å²) in [6, 6.07) is 8.29. The van der Waals surface area contributed by atoms with Crippen molar-refractivity contribution in [1.82, 2.24) is 4.90 Å². The van der Waals surface area contributed by atoms with Gasteiger partial charge in [-0.05, 0) is 50.0 Å². The third-order valence-electron chi connectivity index (χ3n) is 3.53. The standard InChI is InChI=1S/C15H23NO2/c1-16(8-6-13-7-9-18-12-13)11-14-4-3-5-15(10-14)17-2/h3-5,10,13H,6-9,11-12H2,1-2H3. The van der Waals surface area contributed by atoms with Gasteiger partial charge in [-0.1, -0.05) is 12.1 Å². The van der Waals surface area contributed by atoms with E-state index in [1.807, 2.05) is 12.1 Å². The summed E-state index contributed by atoms with van der Waals surface area (Å²) in [6.07, 6.45) is 2.47. The monoisotopic (exact) mass is 249 g/mol. The molecule has 0 radical (unpaired) electrons. The van der Waals surface area contributed by atoms with E-state index >= 15 is 0 Å². The molecule has 1 atom stereocenters. The topological polar surface area (TPSA) is 21.7 Å². The van der Waals surface area contributed by atoms with Crippen LogP contribution in [0.2, 0.25) is 0 Å². The zero-order valence-corrected chi connectivity index (χ0v) is 11.4. The number of ether oxygens (including phenoxy) is 2. The van der Waals surface area contributed by atoms with Crippen molar-refractivity contribution in [2.75, 3.05) is 33.9 Å². The van der Waals surface area contributed by atoms with Gasteiger partial charge in [-0.15, -0.1) is 0 Å². The van der Waals surface area contributed by atoms with Gasteiger partial charge in [0.25, 0.3) is 0 Å². The molecule has 1 aliphatic heterocycles. The van der Waals surface area contributed by atoms with E-state index in [0.29, 0.717) is 0 Å².